The summed E-state index contributed by atoms with van der Waals surface area (Å²) in [5, 5.41) is 3.12. The minimum Gasteiger partial charge on any atom is -0.371 e. The van der Waals surface area contributed by atoms with Crippen molar-refractivity contribution in [2.24, 2.45) is 0 Å². The van der Waals surface area contributed by atoms with E-state index in [9.17, 15) is 4.79 Å². The number of carbonyl (C=O) groups is 1. The van der Waals surface area contributed by atoms with E-state index >= 15 is 0 Å². The Morgan fingerprint density at radius 2 is 1.81 bits per heavy atom. The molecule has 0 saturated carbocycles. The molecule has 0 aromatic heterocycles. The van der Waals surface area contributed by atoms with Crippen molar-refractivity contribution in [2.45, 2.75) is 38.9 Å². The first kappa shape index (κ1) is 19.0. The van der Waals surface area contributed by atoms with Gasteiger partial charge in [-0.1, -0.05) is 12.1 Å². The Labute approximate surface area is 157 Å². The van der Waals surface area contributed by atoms with Crippen LogP contribution in [0.3, 0.4) is 0 Å². The van der Waals surface area contributed by atoms with Crippen molar-refractivity contribution in [3.8, 4) is 0 Å². The van der Waals surface area contributed by atoms with Crippen LogP contribution in [0.5, 0.6) is 0 Å². The lowest BCUT2D eigenvalue weighted by Crippen LogP contribution is -2.45. The second-order valence-corrected chi connectivity index (χ2v) is 8.32. The summed E-state index contributed by atoms with van der Waals surface area (Å²) in [5.41, 5.74) is 1.82. The van der Waals surface area contributed by atoms with E-state index in [0.717, 1.165) is 50.5 Å². The quantitative estimate of drug-likeness (QED) is 0.900. The lowest BCUT2D eigenvalue weighted by Gasteiger charge is -2.35. The Morgan fingerprint density at radius 1 is 1.12 bits per heavy atom. The van der Waals surface area contributed by atoms with Crippen LogP contribution in [0.2, 0.25) is 0 Å². The number of rotatable bonds is 3. The largest absolute Gasteiger partial charge is 0.371 e. The van der Waals surface area contributed by atoms with E-state index in [2.05, 4.69) is 49.0 Å². The van der Waals surface area contributed by atoms with Gasteiger partial charge in [0.05, 0.1) is 23.1 Å². The average Bonchev–Trinajstić information content (AvgIpc) is 3.03. The lowest BCUT2D eigenvalue weighted by atomic mass is 10.2. The minimum atomic E-state index is -0.175. The summed E-state index contributed by atoms with van der Waals surface area (Å²) in [6.07, 6.45) is 1.01. The van der Waals surface area contributed by atoms with Crippen LogP contribution in [0.1, 0.15) is 27.2 Å². The second-order valence-electron chi connectivity index (χ2n) is 8.32. The third-order valence-electron chi connectivity index (χ3n) is 4.94. The summed E-state index contributed by atoms with van der Waals surface area (Å²) in [4.78, 5) is 19.3. The third kappa shape index (κ3) is 4.89. The summed E-state index contributed by atoms with van der Waals surface area (Å²) in [6.45, 7) is 11.6. The Balaban J connectivity index is 1.62. The van der Waals surface area contributed by atoms with Crippen LogP contribution in [0.25, 0.3) is 0 Å². The molecule has 1 atom stereocenters. The molecule has 1 N–H and O–H groups in total. The zero-order valence-corrected chi connectivity index (χ0v) is 16.5. The molecule has 1 aromatic rings. The molecular formula is C20H32N4O2. The van der Waals surface area contributed by atoms with Crippen molar-refractivity contribution in [3.63, 3.8) is 0 Å². The van der Waals surface area contributed by atoms with E-state index < -0.39 is 0 Å². The number of hydrogen-bond donors (Lipinski definition) is 1. The number of hydrogen-bond acceptors (Lipinski definition) is 4. The molecule has 144 valence electrons. The molecule has 6 heteroatoms. The molecule has 2 heterocycles. The number of para-hydroxylation sites is 2. The second kappa shape index (κ2) is 7.84. The normalized spacial score (nSPS) is 21.9. The molecular weight excluding hydrogens is 328 g/mol. The van der Waals surface area contributed by atoms with Crippen molar-refractivity contribution in [3.05, 3.63) is 24.3 Å². The molecule has 2 amide bonds. The van der Waals surface area contributed by atoms with Crippen molar-refractivity contribution in [2.75, 3.05) is 56.5 Å². The zero-order valence-electron chi connectivity index (χ0n) is 16.5. The Bertz CT molecular complexity index is 620. The van der Waals surface area contributed by atoms with Crippen LogP contribution in [0.4, 0.5) is 16.2 Å². The first-order chi connectivity index (χ1) is 12.3. The molecule has 0 radical (unpaired) electrons. The van der Waals surface area contributed by atoms with Crippen LogP contribution in [0.15, 0.2) is 24.3 Å². The van der Waals surface area contributed by atoms with E-state index in [-0.39, 0.29) is 17.7 Å². The maximum absolute atomic E-state index is 12.7. The SMILES string of the molecule is CN1CCN(c2ccccc2NC(=O)N2CC[C@@H](OC(C)(C)C)C2)CC1. The fraction of sp³-hybridized carbons (Fsp3) is 0.650. The van der Waals surface area contributed by atoms with Gasteiger partial charge in [-0.2, -0.15) is 0 Å². The Kier molecular flexibility index (Phi) is 5.73. The molecule has 0 bridgehead atoms. The first-order valence-corrected chi connectivity index (χ1v) is 9.58. The van der Waals surface area contributed by atoms with Gasteiger partial charge in [0.15, 0.2) is 0 Å². The monoisotopic (exact) mass is 360 g/mol. The molecule has 2 saturated heterocycles. The highest BCUT2D eigenvalue weighted by Crippen LogP contribution is 2.27. The Hall–Kier alpha value is -1.79. The highest BCUT2D eigenvalue weighted by Gasteiger charge is 2.30. The van der Waals surface area contributed by atoms with Gasteiger partial charge in [0.1, 0.15) is 0 Å². The summed E-state index contributed by atoms with van der Waals surface area (Å²) in [7, 11) is 2.15. The number of anilines is 2. The summed E-state index contributed by atoms with van der Waals surface area (Å²) < 4.78 is 6.02. The smallest absolute Gasteiger partial charge is 0.321 e. The van der Waals surface area contributed by atoms with Gasteiger partial charge in [-0.25, -0.2) is 4.79 Å². The summed E-state index contributed by atoms with van der Waals surface area (Å²) >= 11 is 0. The molecule has 2 aliphatic heterocycles. The van der Waals surface area contributed by atoms with Crippen molar-refractivity contribution < 1.29 is 9.53 Å². The minimum absolute atomic E-state index is 0.0356. The first-order valence-electron chi connectivity index (χ1n) is 9.58. The van der Waals surface area contributed by atoms with Gasteiger partial charge in [0, 0.05) is 39.3 Å². The number of amides is 2. The summed E-state index contributed by atoms with van der Waals surface area (Å²) in [6, 6.07) is 8.06. The summed E-state index contributed by atoms with van der Waals surface area (Å²) in [5.74, 6) is 0. The molecule has 6 nitrogen and oxygen atoms in total. The van der Waals surface area contributed by atoms with Gasteiger partial charge >= 0.3 is 6.03 Å². The number of ether oxygens (including phenoxy) is 1. The van der Waals surface area contributed by atoms with E-state index in [1.165, 1.54) is 0 Å². The fourth-order valence-electron chi connectivity index (χ4n) is 3.61. The topological polar surface area (TPSA) is 48.0 Å². The van der Waals surface area contributed by atoms with Crippen LogP contribution in [-0.2, 0) is 4.74 Å². The van der Waals surface area contributed by atoms with Crippen molar-refractivity contribution in [1.82, 2.24) is 9.80 Å². The van der Waals surface area contributed by atoms with E-state index in [0.29, 0.717) is 6.54 Å². The van der Waals surface area contributed by atoms with Gasteiger partial charge in [0.2, 0.25) is 0 Å². The Morgan fingerprint density at radius 3 is 2.50 bits per heavy atom. The maximum Gasteiger partial charge on any atom is 0.321 e. The van der Waals surface area contributed by atoms with Gasteiger partial charge < -0.3 is 24.8 Å². The predicted molar refractivity (Wildman–Crippen MR) is 106 cm³/mol. The van der Waals surface area contributed by atoms with Crippen LogP contribution in [-0.4, -0.2) is 73.9 Å². The number of piperazine rings is 1. The third-order valence-corrected chi connectivity index (χ3v) is 4.94. The van der Waals surface area contributed by atoms with Gasteiger partial charge in [0.25, 0.3) is 0 Å². The lowest BCUT2D eigenvalue weighted by molar-refractivity contribution is -0.0526. The van der Waals surface area contributed by atoms with Crippen LogP contribution >= 0.6 is 0 Å². The van der Waals surface area contributed by atoms with Gasteiger partial charge in [-0.05, 0) is 46.4 Å². The van der Waals surface area contributed by atoms with Crippen LogP contribution in [0, 0.1) is 0 Å². The predicted octanol–water partition coefficient (Wildman–Crippen LogP) is 2.86. The molecule has 0 unspecified atom stereocenters. The van der Waals surface area contributed by atoms with Crippen molar-refractivity contribution in [1.29, 1.82) is 0 Å². The number of likely N-dealkylation sites (N-methyl/N-ethyl adjacent to an activating group) is 1. The number of urea groups is 1. The molecule has 0 aliphatic carbocycles. The highest BCUT2D eigenvalue weighted by molar-refractivity contribution is 5.93. The standard InChI is InChI=1S/C20H32N4O2/c1-20(2,3)26-16-9-10-24(15-16)19(25)21-17-7-5-6-8-18(17)23-13-11-22(4)12-14-23/h5-8,16H,9-15H2,1-4H3,(H,21,25)/t16-/m1/s1. The number of nitrogens with zero attached hydrogens (tertiary/aromatic N) is 3. The fourth-order valence-corrected chi connectivity index (χ4v) is 3.61. The molecule has 26 heavy (non-hydrogen) atoms. The zero-order chi connectivity index (χ0) is 18.7. The van der Waals surface area contributed by atoms with Crippen molar-refractivity contribution >= 4 is 17.4 Å². The highest BCUT2D eigenvalue weighted by atomic mass is 16.5. The molecule has 2 aliphatic rings. The number of benzene rings is 1. The maximum atomic E-state index is 12.7. The number of likely N-dealkylation sites (tertiary alicyclic amines) is 1. The number of carbonyl (C=O) groups excluding carboxylic acids is 1. The van der Waals surface area contributed by atoms with E-state index in [4.69, 9.17) is 4.74 Å². The molecule has 2 fully saturated rings. The van der Waals surface area contributed by atoms with Gasteiger partial charge in [-0.3, -0.25) is 0 Å². The molecule has 0 spiro atoms. The van der Waals surface area contributed by atoms with Gasteiger partial charge in [-0.15, -0.1) is 0 Å². The van der Waals surface area contributed by atoms with E-state index in [1.54, 1.807) is 0 Å². The average molecular weight is 361 g/mol. The number of nitrogens with one attached hydrogen (secondary N) is 1. The molecule has 1 aromatic carbocycles. The van der Waals surface area contributed by atoms with Crippen LogP contribution < -0.4 is 10.2 Å². The van der Waals surface area contributed by atoms with E-state index in [1.807, 2.05) is 23.1 Å². The molecule has 3 rings (SSSR count).